The van der Waals surface area contributed by atoms with E-state index in [1.807, 2.05) is 54.9 Å². The molecule has 0 spiro atoms. The van der Waals surface area contributed by atoms with Gasteiger partial charge in [-0.05, 0) is 51.0 Å². The Balaban J connectivity index is 1.58. The predicted molar refractivity (Wildman–Crippen MR) is 120 cm³/mol. The van der Waals surface area contributed by atoms with Crippen molar-refractivity contribution in [3.05, 3.63) is 59.5 Å². The number of nitrogens with one attached hydrogen (secondary N) is 1. The highest BCUT2D eigenvalue weighted by molar-refractivity contribution is 6.09. The molecule has 5 rings (SSSR count). The number of pyridine rings is 1. The summed E-state index contributed by atoms with van der Waals surface area (Å²) in [5.41, 5.74) is 4.10. The summed E-state index contributed by atoms with van der Waals surface area (Å²) in [5, 5.41) is 12.3. The molecule has 0 radical (unpaired) electrons. The van der Waals surface area contributed by atoms with Gasteiger partial charge in [-0.2, -0.15) is 5.10 Å². The summed E-state index contributed by atoms with van der Waals surface area (Å²) < 4.78 is 12.8. The van der Waals surface area contributed by atoms with Crippen LogP contribution in [0.5, 0.6) is 5.75 Å². The van der Waals surface area contributed by atoms with E-state index in [1.165, 1.54) is 0 Å². The van der Waals surface area contributed by atoms with E-state index in [0.717, 1.165) is 36.3 Å². The Labute approximate surface area is 185 Å². The highest BCUT2D eigenvalue weighted by Gasteiger charge is 2.30. The molecule has 0 unspecified atom stereocenters. The third-order valence-electron chi connectivity index (χ3n) is 5.89. The van der Waals surface area contributed by atoms with Gasteiger partial charge in [0, 0.05) is 29.9 Å². The van der Waals surface area contributed by atoms with Crippen molar-refractivity contribution in [2.24, 2.45) is 0 Å². The third-order valence-corrected chi connectivity index (χ3v) is 5.89. The number of carbonyl (C=O) groups excluding carboxylic acids is 1. The van der Waals surface area contributed by atoms with Crippen LogP contribution in [0.3, 0.4) is 0 Å². The molecule has 1 amide bonds. The van der Waals surface area contributed by atoms with Gasteiger partial charge in [0.1, 0.15) is 11.4 Å². The van der Waals surface area contributed by atoms with Crippen LogP contribution in [-0.4, -0.2) is 32.9 Å². The summed E-state index contributed by atoms with van der Waals surface area (Å²) in [7, 11) is 1.62. The fraction of sp³-hybridized carbons (Fsp3) is 0.333. The molecule has 1 fully saturated rings. The maximum atomic E-state index is 13.5. The summed E-state index contributed by atoms with van der Waals surface area (Å²) >= 11 is 0. The van der Waals surface area contributed by atoms with Crippen LogP contribution in [0.1, 0.15) is 60.4 Å². The maximum Gasteiger partial charge on any atom is 0.259 e. The normalized spacial score (nSPS) is 14.5. The van der Waals surface area contributed by atoms with Crippen molar-refractivity contribution in [1.82, 2.24) is 25.2 Å². The molecule has 1 saturated carbocycles. The fourth-order valence-corrected chi connectivity index (χ4v) is 4.03. The standard InChI is InChI=1S/C24H25N5O3/c1-4-29-20(10-11-25-29)14(2)26-23(30)18-13-19(15-8-9-15)27-24-21(18)22(28-32-24)16-6-5-7-17(12-16)31-3/h5-7,10-15H,4,8-9H2,1-3H3,(H,26,30)/t14-/m0/s1. The lowest BCUT2D eigenvalue weighted by Gasteiger charge is -2.16. The molecule has 164 valence electrons. The van der Waals surface area contributed by atoms with Gasteiger partial charge >= 0.3 is 0 Å². The van der Waals surface area contributed by atoms with E-state index >= 15 is 0 Å². The first kappa shape index (κ1) is 20.2. The zero-order valence-corrected chi connectivity index (χ0v) is 18.3. The molecule has 3 heterocycles. The Bertz CT molecular complexity index is 1290. The van der Waals surface area contributed by atoms with E-state index < -0.39 is 0 Å². The van der Waals surface area contributed by atoms with Gasteiger partial charge in [0.2, 0.25) is 0 Å². The van der Waals surface area contributed by atoms with E-state index in [1.54, 1.807) is 13.3 Å². The number of rotatable bonds is 7. The first-order valence-electron chi connectivity index (χ1n) is 10.9. The Hall–Kier alpha value is -3.68. The summed E-state index contributed by atoms with van der Waals surface area (Å²) in [6, 6.07) is 11.1. The topological polar surface area (TPSA) is 95.1 Å². The summed E-state index contributed by atoms with van der Waals surface area (Å²) in [6.07, 6.45) is 3.89. The number of amides is 1. The second-order valence-corrected chi connectivity index (χ2v) is 8.08. The highest BCUT2D eigenvalue weighted by Crippen LogP contribution is 2.41. The number of carbonyl (C=O) groups is 1. The maximum absolute atomic E-state index is 13.5. The SMILES string of the molecule is CCn1nccc1[C@H](C)NC(=O)c1cc(C2CC2)nc2onc(-c3cccc(OC)c3)c12. The van der Waals surface area contributed by atoms with E-state index in [2.05, 4.69) is 20.6 Å². The van der Waals surface area contributed by atoms with Crippen LogP contribution < -0.4 is 10.1 Å². The molecule has 1 aliphatic carbocycles. The van der Waals surface area contributed by atoms with Gasteiger partial charge in [0.25, 0.3) is 11.6 Å². The highest BCUT2D eigenvalue weighted by atomic mass is 16.5. The van der Waals surface area contributed by atoms with Gasteiger partial charge < -0.3 is 14.6 Å². The van der Waals surface area contributed by atoms with Gasteiger partial charge in [0.05, 0.1) is 29.8 Å². The van der Waals surface area contributed by atoms with Crippen molar-refractivity contribution < 1.29 is 14.1 Å². The van der Waals surface area contributed by atoms with Crippen LogP contribution in [0.2, 0.25) is 0 Å². The first-order valence-corrected chi connectivity index (χ1v) is 10.9. The zero-order valence-electron chi connectivity index (χ0n) is 18.3. The number of hydrogen-bond donors (Lipinski definition) is 1. The lowest BCUT2D eigenvalue weighted by molar-refractivity contribution is 0.0939. The van der Waals surface area contributed by atoms with Gasteiger partial charge in [0.15, 0.2) is 0 Å². The number of fused-ring (bicyclic) bond motifs is 1. The molecule has 0 aliphatic heterocycles. The first-order chi connectivity index (χ1) is 15.6. The van der Waals surface area contributed by atoms with E-state index in [-0.39, 0.29) is 11.9 Å². The fourth-order valence-electron chi connectivity index (χ4n) is 4.03. The Morgan fingerprint density at radius 3 is 2.91 bits per heavy atom. The van der Waals surface area contributed by atoms with Crippen LogP contribution in [0.25, 0.3) is 22.4 Å². The number of benzene rings is 1. The average Bonchev–Trinajstić information content (AvgIpc) is 3.40. The number of methoxy groups -OCH3 is 1. The third kappa shape index (κ3) is 3.62. The Morgan fingerprint density at radius 2 is 2.16 bits per heavy atom. The Morgan fingerprint density at radius 1 is 1.31 bits per heavy atom. The van der Waals surface area contributed by atoms with Gasteiger partial charge in [-0.1, -0.05) is 17.3 Å². The second-order valence-electron chi connectivity index (χ2n) is 8.08. The van der Waals surface area contributed by atoms with Crippen molar-refractivity contribution in [3.63, 3.8) is 0 Å². The minimum Gasteiger partial charge on any atom is -0.497 e. The van der Waals surface area contributed by atoms with Crippen molar-refractivity contribution in [2.75, 3.05) is 7.11 Å². The quantitative estimate of drug-likeness (QED) is 0.463. The molecular weight excluding hydrogens is 406 g/mol. The largest absolute Gasteiger partial charge is 0.497 e. The van der Waals surface area contributed by atoms with Crippen molar-refractivity contribution in [2.45, 2.75) is 45.2 Å². The van der Waals surface area contributed by atoms with Crippen LogP contribution in [0, 0.1) is 0 Å². The monoisotopic (exact) mass is 431 g/mol. The van der Waals surface area contributed by atoms with E-state index in [4.69, 9.17) is 9.26 Å². The second kappa shape index (κ2) is 8.11. The lowest BCUT2D eigenvalue weighted by Crippen LogP contribution is -2.28. The summed E-state index contributed by atoms with van der Waals surface area (Å²) in [5.74, 6) is 0.881. The number of aryl methyl sites for hydroxylation is 1. The predicted octanol–water partition coefficient (Wildman–Crippen LogP) is 4.48. The van der Waals surface area contributed by atoms with Crippen molar-refractivity contribution in [1.29, 1.82) is 0 Å². The van der Waals surface area contributed by atoms with E-state index in [0.29, 0.717) is 34.0 Å². The molecule has 3 aromatic heterocycles. The molecule has 1 atom stereocenters. The van der Waals surface area contributed by atoms with E-state index in [9.17, 15) is 4.79 Å². The summed E-state index contributed by atoms with van der Waals surface area (Å²) in [4.78, 5) is 18.2. The zero-order chi connectivity index (χ0) is 22.2. The van der Waals surface area contributed by atoms with Crippen LogP contribution in [0.15, 0.2) is 47.1 Å². The number of ether oxygens (including phenoxy) is 1. The molecular formula is C24H25N5O3. The average molecular weight is 431 g/mol. The number of nitrogens with zero attached hydrogens (tertiary/aromatic N) is 4. The molecule has 1 aromatic carbocycles. The van der Waals surface area contributed by atoms with Crippen molar-refractivity contribution >= 4 is 17.0 Å². The molecule has 8 nitrogen and oxygen atoms in total. The van der Waals surface area contributed by atoms with Crippen molar-refractivity contribution in [3.8, 4) is 17.0 Å². The minimum atomic E-state index is -0.210. The molecule has 1 aliphatic rings. The smallest absolute Gasteiger partial charge is 0.259 e. The molecule has 4 aromatic rings. The van der Waals surface area contributed by atoms with Crippen LogP contribution >= 0.6 is 0 Å². The number of hydrogen-bond acceptors (Lipinski definition) is 6. The van der Waals surface area contributed by atoms with Gasteiger partial charge in [-0.3, -0.25) is 9.48 Å². The van der Waals surface area contributed by atoms with Crippen LogP contribution in [0.4, 0.5) is 0 Å². The van der Waals surface area contributed by atoms with Gasteiger partial charge in [-0.25, -0.2) is 4.98 Å². The summed E-state index contributed by atoms with van der Waals surface area (Å²) in [6.45, 7) is 4.72. The molecule has 8 heteroatoms. The lowest BCUT2D eigenvalue weighted by atomic mass is 10.0. The number of aromatic nitrogens is 4. The molecule has 0 saturated heterocycles. The van der Waals surface area contributed by atoms with Gasteiger partial charge in [-0.15, -0.1) is 0 Å². The Kier molecular flexibility index (Phi) is 5.13. The minimum absolute atomic E-state index is 0.192. The molecule has 0 bridgehead atoms. The molecule has 32 heavy (non-hydrogen) atoms. The van der Waals surface area contributed by atoms with Crippen LogP contribution in [-0.2, 0) is 6.54 Å². The molecule has 1 N–H and O–H groups in total.